The molecule has 1 aromatic carbocycles. The van der Waals surface area contributed by atoms with E-state index in [-0.39, 0.29) is 55.9 Å². The van der Waals surface area contributed by atoms with Crippen molar-refractivity contribution in [2.45, 2.75) is 13.0 Å². The molecular formula is C22H30F2N6O5. The molecule has 3 amide bonds. The number of nitrogens with one attached hydrogen (secondary N) is 2. The predicted octanol–water partition coefficient (Wildman–Crippen LogP) is -0.0885. The van der Waals surface area contributed by atoms with Crippen molar-refractivity contribution in [2.75, 3.05) is 81.9 Å². The molecule has 0 aromatic heterocycles. The molecule has 2 N–H and O–H groups in total. The van der Waals surface area contributed by atoms with Crippen LogP contribution in [0.5, 0.6) is 0 Å². The molecule has 0 bridgehead atoms. The van der Waals surface area contributed by atoms with E-state index in [2.05, 4.69) is 10.7 Å². The van der Waals surface area contributed by atoms with Crippen LogP contribution in [0.4, 0.5) is 25.0 Å². The molecule has 1 aromatic rings. The molecule has 4 rings (SSSR count). The summed E-state index contributed by atoms with van der Waals surface area (Å²) in [4.78, 5) is 40.7. The van der Waals surface area contributed by atoms with Crippen molar-refractivity contribution in [1.29, 1.82) is 0 Å². The zero-order valence-corrected chi connectivity index (χ0v) is 19.6. The maximum atomic E-state index is 15.1. The van der Waals surface area contributed by atoms with Crippen molar-refractivity contribution in [2.24, 2.45) is 0 Å². The number of halogens is 2. The number of nitrogens with zero attached hydrogens (tertiary/aromatic N) is 4. The first kappa shape index (κ1) is 25.1. The third-order valence-electron chi connectivity index (χ3n) is 6.12. The SMILES string of the molecule is CC(=O)NC[C@H]1CN(c2cc(F)c(N3CCNN(C(=O)CN4CCOCC4)CC3)c(F)c2)C(=O)O1. The van der Waals surface area contributed by atoms with E-state index in [4.69, 9.17) is 9.47 Å². The molecule has 3 aliphatic heterocycles. The van der Waals surface area contributed by atoms with Gasteiger partial charge in [-0.25, -0.2) is 19.0 Å². The van der Waals surface area contributed by atoms with Gasteiger partial charge in [0.1, 0.15) is 11.8 Å². The average Bonchev–Trinajstić information content (AvgIpc) is 3.02. The summed E-state index contributed by atoms with van der Waals surface area (Å²) in [6.07, 6.45) is -1.35. The van der Waals surface area contributed by atoms with Crippen LogP contribution < -0.4 is 20.5 Å². The second-order valence-corrected chi connectivity index (χ2v) is 8.64. The maximum Gasteiger partial charge on any atom is 0.414 e. The number of hydrogen-bond acceptors (Lipinski definition) is 8. The van der Waals surface area contributed by atoms with E-state index < -0.39 is 23.8 Å². The Bertz CT molecular complexity index is 937. The molecule has 0 unspecified atom stereocenters. The van der Waals surface area contributed by atoms with Gasteiger partial charge < -0.3 is 19.7 Å². The summed E-state index contributed by atoms with van der Waals surface area (Å²) in [6.45, 7) is 5.44. The Morgan fingerprint density at radius 2 is 1.83 bits per heavy atom. The molecule has 3 saturated heterocycles. The highest BCUT2D eigenvalue weighted by Crippen LogP contribution is 2.31. The van der Waals surface area contributed by atoms with Crippen molar-refractivity contribution in [3.8, 4) is 0 Å². The van der Waals surface area contributed by atoms with Gasteiger partial charge in [0.05, 0.1) is 45.1 Å². The normalized spacial score (nSPS) is 21.6. The van der Waals surface area contributed by atoms with Gasteiger partial charge >= 0.3 is 6.09 Å². The Morgan fingerprint density at radius 1 is 1.11 bits per heavy atom. The van der Waals surface area contributed by atoms with Gasteiger partial charge in [0.15, 0.2) is 11.6 Å². The number of carbonyl (C=O) groups is 3. The molecule has 0 spiro atoms. The largest absolute Gasteiger partial charge is 0.442 e. The van der Waals surface area contributed by atoms with Gasteiger partial charge in [0, 0.05) is 51.8 Å². The van der Waals surface area contributed by atoms with Crippen LogP contribution >= 0.6 is 0 Å². The summed E-state index contributed by atoms with van der Waals surface area (Å²) in [6, 6.07) is 2.19. The number of benzene rings is 1. The molecule has 3 fully saturated rings. The number of ether oxygens (including phenoxy) is 2. The first-order chi connectivity index (χ1) is 16.8. The molecule has 35 heavy (non-hydrogen) atoms. The minimum absolute atomic E-state index is 0.0364. The number of anilines is 2. The number of amides is 3. The van der Waals surface area contributed by atoms with Crippen LogP contribution in [-0.2, 0) is 19.1 Å². The van der Waals surface area contributed by atoms with Crippen LogP contribution in [0.3, 0.4) is 0 Å². The molecule has 1 atom stereocenters. The lowest BCUT2D eigenvalue weighted by Crippen LogP contribution is -2.50. The van der Waals surface area contributed by atoms with Crippen LogP contribution in [0.2, 0.25) is 0 Å². The number of rotatable bonds is 6. The van der Waals surface area contributed by atoms with E-state index in [1.807, 2.05) is 4.90 Å². The molecule has 3 heterocycles. The highest BCUT2D eigenvalue weighted by Gasteiger charge is 2.34. The third-order valence-corrected chi connectivity index (χ3v) is 6.12. The summed E-state index contributed by atoms with van der Waals surface area (Å²) in [5.74, 6) is -2.00. The maximum absolute atomic E-state index is 15.1. The minimum atomic E-state index is -0.814. The van der Waals surface area contributed by atoms with Crippen LogP contribution in [0.15, 0.2) is 12.1 Å². The zero-order chi connectivity index (χ0) is 24.9. The second-order valence-electron chi connectivity index (χ2n) is 8.64. The van der Waals surface area contributed by atoms with E-state index in [1.54, 1.807) is 4.90 Å². The first-order valence-corrected chi connectivity index (χ1v) is 11.6. The number of hydrogen-bond donors (Lipinski definition) is 2. The van der Waals surface area contributed by atoms with Gasteiger partial charge in [0.25, 0.3) is 5.91 Å². The summed E-state index contributed by atoms with van der Waals surface area (Å²) in [5, 5.41) is 4.05. The Balaban J connectivity index is 1.39. The fourth-order valence-corrected chi connectivity index (χ4v) is 4.31. The van der Waals surface area contributed by atoms with Gasteiger partial charge in [-0.2, -0.15) is 0 Å². The van der Waals surface area contributed by atoms with Crippen LogP contribution in [0.1, 0.15) is 6.92 Å². The quantitative estimate of drug-likeness (QED) is 0.563. The monoisotopic (exact) mass is 496 g/mol. The fraction of sp³-hybridized carbons (Fsp3) is 0.591. The zero-order valence-electron chi connectivity index (χ0n) is 19.6. The van der Waals surface area contributed by atoms with Gasteiger partial charge in [-0.15, -0.1) is 0 Å². The highest BCUT2D eigenvalue weighted by atomic mass is 19.1. The van der Waals surface area contributed by atoms with Gasteiger partial charge in [-0.1, -0.05) is 0 Å². The Labute approximate surface area is 201 Å². The van der Waals surface area contributed by atoms with E-state index in [1.165, 1.54) is 11.9 Å². The minimum Gasteiger partial charge on any atom is -0.442 e. The van der Waals surface area contributed by atoms with E-state index in [0.717, 1.165) is 17.0 Å². The molecule has 0 radical (unpaired) electrons. The summed E-state index contributed by atoms with van der Waals surface area (Å²) >= 11 is 0. The number of cyclic esters (lactones) is 1. The molecule has 3 aliphatic rings. The molecule has 0 saturated carbocycles. The number of hydrazine groups is 1. The smallest absolute Gasteiger partial charge is 0.414 e. The van der Waals surface area contributed by atoms with Gasteiger partial charge in [0.2, 0.25) is 5.91 Å². The van der Waals surface area contributed by atoms with Gasteiger partial charge in [-0.05, 0) is 0 Å². The average molecular weight is 497 g/mol. The summed E-state index contributed by atoms with van der Waals surface area (Å²) in [5.41, 5.74) is 2.86. The van der Waals surface area contributed by atoms with Crippen molar-refractivity contribution in [3.05, 3.63) is 23.8 Å². The Morgan fingerprint density at radius 3 is 2.51 bits per heavy atom. The standard InChI is InChI=1S/C22H30F2N6O5/c1-15(31)25-12-17-13-29(22(33)35-17)16-10-18(23)21(19(24)11-16)28-3-2-26-30(5-4-28)20(32)14-27-6-8-34-9-7-27/h10-11,17,26H,2-9,12-14H2,1H3,(H,25,31)/t17-/m0/s1. The van der Waals surface area contributed by atoms with E-state index in [9.17, 15) is 14.4 Å². The number of morpholine rings is 1. The van der Waals surface area contributed by atoms with Gasteiger partial charge in [-0.3, -0.25) is 24.4 Å². The molecular weight excluding hydrogens is 466 g/mol. The Kier molecular flexibility index (Phi) is 7.98. The molecule has 192 valence electrons. The third kappa shape index (κ3) is 6.16. The topological polar surface area (TPSA) is 107 Å². The molecule has 13 heteroatoms. The fourth-order valence-electron chi connectivity index (χ4n) is 4.31. The summed E-state index contributed by atoms with van der Waals surface area (Å²) < 4.78 is 40.6. The molecule has 0 aliphatic carbocycles. The predicted molar refractivity (Wildman–Crippen MR) is 122 cm³/mol. The molecule has 11 nitrogen and oxygen atoms in total. The van der Waals surface area contributed by atoms with E-state index in [0.29, 0.717) is 39.4 Å². The lowest BCUT2D eigenvalue weighted by Gasteiger charge is -2.29. The first-order valence-electron chi connectivity index (χ1n) is 11.6. The van der Waals surface area contributed by atoms with Crippen LogP contribution in [0.25, 0.3) is 0 Å². The highest BCUT2D eigenvalue weighted by molar-refractivity contribution is 5.90. The lowest BCUT2D eigenvalue weighted by molar-refractivity contribution is -0.136. The summed E-state index contributed by atoms with van der Waals surface area (Å²) in [7, 11) is 0. The van der Waals surface area contributed by atoms with E-state index >= 15 is 8.78 Å². The van der Waals surface area contributed by atoms with Crippen molar-refractivity contribution >= 4 is 29.3 Å². The van der Waals surface area contributed by atoms with Crippen molar-refractivity contribution in [3.63, 3.8) is 0 Å². The van der Waals surface area contributed by atoms with Crippen molar-refractivity contribution < 1.29 is 32.6 Å². The Hall–Kier alpha value is -3.03. The van der Waals surface area contributed by atoms with Crippen LogP contribution in [0, 0.1) is 11.6 Å². The van der Waals surface area contributed by atoms with Crippen LogP contribution in [-0.4, -0.2) is 106 Å². The number of carbonyl (C=O) groups excluding carboxylic acids is 3. The lowest BCUT2D eigenvalue weighted by atomic mass is 10.2. The van der Waals surface area contributed by atoms with Crippen molar-refractivity contribution in [1.82, 2.24) is 20.7 Å². The second kappa shape index (κ2) is 11.1.